The van der Waals surface area contributed by atoms with Crippen molar-refractivity contribution in [2.75, 3.05) is 0 Å². The number of benzene rings is 1. The van der Waals surface area contributed by atoms with Crippen LogP contribution < -0.4 is 0 Å². The smallest absolute Gasteiger partial charge is 0.342 e. The molecule has 0 unspecified atom stereocenters. The Kier molecular flexibility index (Phi) is 5.70. The second-order valence-corrected chi connectivity index (χ2v) is 6.71. The number of hydrogen-bond donors (Lipinski definition) is 1. The Morgan fingerprint density at radius 1 is 1.27 bits per heavy atom. The molecule has 0 aliphatic rings. The van der Waals surface area contributed by atoms with Gasteiger partial charge in [-0.15, -0.1) is 10.2 Å². The molecule has 0 aliphatic heterocycles. The molecule has 0 fully saturated rings. The van der Waals surface area contributed by atoms with Crippen molar-refractivity contribution >= 4 is 35.4 Å². The normalized spacial score (nSPS) is 11.5. The molecule has 1 N–H and O–H groups in total. The highest BCUT2D eigenvalue weighted by Gasteiger charge is 2.18. The van der Waals surface area contributed by atoms with E-state index in [1.807, 2.05) is 23.6 Å². The molecule has 2 aromatic heterocycles. The minimum atomic E-state index is -1.03. The molecular formula is C18H15ClN4O2S. The number of carboxylic acid groups (broad SMARTS) is 1. The summed E-state index contributed by atoms with van der Waals surface area (Å²) in [4.78, 5) is 15.8. The van der Waals surface area contributed by atoms with Gasteiger partial charge in [0.25, 0.3) is 0 Å². The number of thioether (sulfide) groups is 1. The number of carboxylic acids is 1. The van der Waals surface area contributed by atoms with E-state index in [1.54, 1.807) is 42.7 Å². The topological polar surface area (TPSA) is 80.9 Å². The van der Waals surface area contributed by atoms with E-state index in [-0.39, 0.29) is 4.91 Å². The Labute approximate surface area is 159 Å². The third kappa shape index (κ3) is 4.12. The summed E-state index contributed by atoms with van der Waals surface area (Å²) in [6, 6.07) is 10.8. The van der Waals surface area contributed by atoms with Crippen LogP contribution in [0.15, 0.2) is 58.9 Å². The number of rotatable bonds is 6. The van der Waals surface area contributed by atoms with E-state index in [4.69, 9.17) is 11.6 Å². The zero-order valence-corrected chi connectivity index (χ0v) is 15.4. The molecule has 0 radical (unpaired) electrons. The monoisotopic (exact) mass is 386 g/mol. The SMILES string of the molecule is CCn1c(S/C(=C\c2cccnc2)C(=O)O)nnc1-c1ccc(Cl)cc1. The van der Waals surface area contributed by atoms with E-state index in [2.05, 4.69) is 15.2 Å². The van der Waals surface area contributed by atoms with Crippen LogP contribution in [-0.2, 0) is 11.3 Å². The zero-order valence-electron chi connectivity index (χ0n) is 13.8. The lowest BCUT2D eigenvalue weighted by Crippen LogP contribution is -2.02. The Balaban J connectivity index is 1.95. The summed E-state index contributed by atoms with van der Waals surface area (Å²) >= 11 is 6.99. The van der Waals surface area contributed by atoms with Crippen LogP contribution in [0.25, 0.3) is 17.5 Å². The highest BCUT2D eigenvalue weighted by Crippen LogP contribution is 2.30. The first-order valence-corrected chi connectivity index (χ1v) is 9.00. The standard InChI is InChI=1S/C18H15ClN4O2S/c1-2-23-16(13-5-7-14(19)8-6-13)21-22-18(23)26-15(17(24)25)10-12-4-3-9-20-11-12/h3-11H,2H2,1H3,(H,24,25)/b15-10-. The first-order valence-electron chi connectivity index (χ1n) is 7.80. The maximum Gasteiger partial charge on any atom is 0.342 e. The predicted octanol–water partition coefficient (Wildman–Crippen LogP) is 4.23. The number of aromatic nitrogens is 4. The maximum absolute atomic E-state index is 11.6. The van der Waals surface area contributed by atoms with Gasteiger partial charge in [0.05, 0.1) is 0 Å². The lowest BCUT2D eigenvalue weighted by molar-refractivity contribution is -0.131. The molecule has 0 atom stereocenters. The number of hydrogen-bond acceptors (Lipinski definition) is 5. The van der Waals surface area contributed by atoms with Gasteiger partial charge >= 0.3 is 5.97 Å². The number of carbonyl (C=O) groups is 1. The average molecular weight is 387 g/mol. The van der Waals surface area contributed by atoms with Crippen LogP contribution in [0, 0.1) is 0 Å². The molecular weight excluding hydrogens is 372 g/mol. The van der Waals surface area contributed by atoms with Crippen LogP contribution in [0.4, 0.5) is 0 Å². The molecule has 0 bridgehead atoms. The molecule has 26 heavy (non-hydrogen) atoms. The van der Waals surface area contributed by atoms with Gasteiger partial charge in [-0.25, -0.2) is 4.79 Å². The van der Waals surface area contributed by atoms with Crippen molar-refractivity contribution in [3.05, 3.63) is 64.3 Å². The van der Waals surface area contributed by atoms with Crippen LogP contribution in [0.5, 0.6) is 0 Å². The zero-order chi connectivity index (χ0) is 18.5. The van der Waals surface area contributed by atoms with Crippen LogP contribution in [-0.4, -0.2) is 30.8 Å². The summed E-state index contributed by atoms with van der Waals surface area (Å²) in [5.41, 5.74) is 1.57. The van der Waals surface area contributed by atoms with E-state index in [9.17, 15) is 9.90 Å². The van der Waals surface area contributed by atoms with Crippen molar-refractivity contribution < 1.29 is 9.90 Å². The maximum atomic E-state index is 11.6. The molecule has 0 saturated carbocycles. The number of halogens is 1. The van der Waals surface area contributed by atoms with Crippen molar-refractivity contribution in [3.8, 4) is 11.4 Å². The Morgan fingerprint density at radius 3 is 2.65 bits per heavy atom. The van der Waals surface area contributed by atoms with Crippen LogP contribution in [0.2, 0.25) is 5.02 Å². The third-order valence-electron chi connectivity index (χ3n) is 3.53. The van der Waals surface area contributed by atoms with Gasteiger partial charge in [0.1, 0.15) is 4.91 Å². The van der Waals surface area contributed by atoms with Gasteiger partial charge in [-0.3, -0.25) is 4.98 Å². The van der Waals surface area contributed by atoms with Gasteiger partial charge in [-0.1, -0.05) is 17.7 Å². The van der Waals surface area contributed by atoms with Gasteiger partial charge < -0.3 is 9.67 Å². The van der Waals surface area contributed by atoms with Crippen molar-refractivity contribution in [2.45, 2.75) is 18.6 Å². The van der Waals surface area contributed by atoms with Crippen molar-refractivity contribution in [3.63, 3.8) is 0 Å². The first-order chi connectivity index (χ1) is 12.6. The van der Waals surface area contributed by atoms with Crippen LogP contribution >= 0.6 is 23.4 Å². The lowest BCUT2D eigenvalue weighted by Gasteiger charge is -2.08. The van der Waals surface area contributed by atoms with Crippen LogP contribution in [0.1, 0.15) is 12.5 Å². The summed E-state index contributed by atoms with van der Waals surface area (Å²) in [7, 11) is 0. The molecule has 8 heteroatoms. The minimum absolute atomic E-state index is 0.141. The van der Waals surface area contributed by atoms with E-state index < -0.39 is 5.97 Å². The molecule has 0 saturated heterocycles. The molecule has 3 rings (SSSR count). The van der Waals surface area contributed by atoms with Gasteiger partial charge in [0.2, 0.25) is 0 Å². The quantitative estimate of drug-likeness (QED) is 0.504. The van der Waals surface area contributed by atoms with Crippen molar-refractivity contribution in [1.82, 2.24) is 19.7 Å². The molecule has 0 amide bonds. The first kappa shape index (κ1) is 18.2. The van der Waals surface area contributed by atoms with Crippen LogP contribution in [0.3, 0.4) is 0 Å². The number of pyridine rings is 1. The Morgan fingerprint density at radius 2 is 2.04 bits per heavy atom. The fraction of sp³-hybridized carbons (Fsp3) is 0.111. The van der Waals surface area contributed by atoms with E-state index in [0.29, 0.717) is 28.1 Å². The highest BCUT2D eigenvalue weighted by molar-refractivity contribution is 8.04. The fourth-order valence-corrected chi connectivity index (χ4v) is 3.32. The Hall–Kier alpha value is -2.64. The largest absolute Gasteiger partial charge is 0.477 e. The second kappa shape index (κ2) is 8.16. The van der Waals surface area contributed by atoms with Gasteiger partial charge in [0.15, 0.2) is 11.0 Å². The molecule has 132 valence electrons. The molecule has 0 spiro atoms. The summed E-state index contributed by atoms with van der Waals surface area (Å²) in [6.07, 6.45) is 4.81. The third-order valence-corrected chi connectivity index (χ3v) is 4.78. The predicted molar refractivity (Wildman–Crippen MR) is 102 cm³/mol. The second-order valence-electron chi connectivity index (χ2n) is 5.26. The lowest BCUT2D eigenvalue weighted by atomic mass is 10.2. The summed E-state index contributed by atoms with van der Waals surface area (Å²) in [6.45, 7) is 2.56. The number of aliphatic carboxylic acids is 1. The molecule has 2 heterocycles. The van der Waals surface area contributed by atoms with Gasteiger partial charge in [-0.2, -0.15) is 0 Å². The average Bonchev–Trinajstić information content (AvgIpc) is 3.05. The van der Waals surface area contributed by atoms with Gasteiger partial charge in [0, 0.05) is 29.5 Å². The van der Waals surface area contributed by atoms with E-state index in [1.165, 1.54) is 0 Å². The fourth-order valence-electron chi connectivity index (χ4n) is 2.31. The van der Waals surface area contributed by atoms with E-state index >= 15 is 0 Å². The Bertz CT molecular complexity index is 940. The summed E-state index contributed by atoms with van der Waals surface area (Å²) in [5, 5.41) is 19.1. The van der Waals surface area contributed by atoms with Gasteiger partial charge in [-0.05, 0) is 60.7 Å². The van der Waals surface area contributed by atoms with Crippen molar-refractivity contribution in [1.29, 1.82) is 0 Å². The highest BCUT2D eigenvalue weighted by atomic mass is 35.5. The van der Waals surface area contributed by atoms with E-state index in [0.717, 1.165) is 17.3 Å². The number of nitrogens with zero attached hydrogens (tertiary/aromatic N) is 4. The molecule has 0 aliphatic carbocycles. The minimum Gasteiger partial charge on any atom is -0.477 e. The molecule has 3 aromatic rings. The van der Waals surface area contributed by atoms with Crippen molar-refractivity contribution in [2.24, 2.45) is 0 Å². The summed E-state index contributed by atoms with van der Waals surface area (Å²) < 4.78 is 1.87. The molecule has 6 nitrogen and oxygen atoms in total. The summed E-state index contributed by atoms with van der Waals surface area (Å²) in [5.74, 6) is -0.365. The molecule has 1 aromatic carbocycles.